The first-order valence-corrected chi connectivity index (χ1v) is 8.33. The maximum absolute atomic E-state index is 13.6. The average Bonchev–Trinajstić information content (AvgIpc) is 3.14. The number of hydrogen-bond acceptors (Lipinski definition) is 3. The number of halogens is 1. The highest BCUT2D eigenvalue weighted by Gasteiger charge is 2.38. The third kappa shape index (κ3) is 3.77. The Hall–Kier alpha value is -0.980. The van der Waals surface area contributed by atoms with Crippen molar-refractivity contribution in [2.24, 2.45) is 5.41 Å². The minimum atomic E-state index is -3.56. The van der Waals surface area contributed by atoms with E-state index >= 15 is 0 Å². The Morgan fingerprint density at radius 2 is 2.05 bits per heavy atom. The molecule has 112 valence electrons. The maximum Gasteiger partial charge on any atom is 0.240 e. The molecule has 0 aliphatic heterocycles. The minimum Gasteiger partial charge on any atom is -0.313 e. The van der Waals surface area contributed by atoms with E-state index in [2.05, 4.69) is 17.0 Å². The molecule has 0 atom stereocenters. The summed E-state index contributed by atoms with van der Waals surface area (Å²) in [6.07, 6.45) is 2.09. The van der Waals surface area contributed by atoms with Gasteiger partial charge in [0, 0.05) is 18.7 Å². The van der Waals surface area contributed by atoms with Gasteiger partial charge in [0.05, 0.1) is 4.90 Å². The van der Waals surface area contributed by atoms with Crippen LogP contribution < -0.4 is 10.0 Å². The highest BCUT2D eigenvalue weighted by molar-refractivity contribution is 7.89. The summed E-state index contributed by atoms with van der Waals surface area (Å²) in [5.74, 6) is -0.390. The van der Waals surface area contributed by atoms with Gasteiger partial charge >= 0.3 is 0 Å². The van der Waals surface area contributed by atoms with Crippen molar-refractivity contribution in [3.63, 3.8) is 0 Å². The molecule has 1 fully saturated rings. The number of sulfonamides is 1. The van der Waals surface area contributed by atoms with Crippen molar-refractivity contribution in [1.29, 1.82) is 0 Å². The second-order valence-electron chi connectivity index (χ2n) is 5.67. The molecule has 1 aliphatic rings. The minimum absolute atomic E-state index is 0.0969. The zero-order valence-corrected chi connectivity index (χ0v) is 12.7. The van der Waals surface area contributed by atoms with Gasteiger partial charge in [-0.3, -0.25) is 0 Å². The molecule has 0 aromatic heterocycles. The molecule has 1 aromatic rings. The first-order chi connectivity index (χ1) is 9.36. The molecule has 0 bridgehead atoms. The van der Waals surface area contributed by atoms with Crippen molar-refractivity contribution in [1.82, 2.24) is 10.0 Å². The van der Waals surface area contributed by atoms with E-state index in [1.54, 1.807) is 0 Å². The third-order valence-electron chi connectivity index (χ3n) is 3.69. The van der Waals surface area contributed by atoms with Gasteiger partial charge in [-0.2, -0.15) is 0 Å². The van der Waals surface area contributed by atoms with Gasteiger partial charge < -0.3 is 5.32 Å². The van der Waals surface area contributed by atoms with Crippen molar-refractivity contribution >= 4 is 10.0 Å². The molecular formula is C14H21FN2O2S. The molecule has 1 aliphatic carbocycles. The van der Waals surface area contributed by atoms with E-state index in [0.29, 0.717) is 25.2 Å². The van der Waals surface area contributed by atoms with Crippen LogP contribution in [0.2, 0.25) is 0 Å². The summed E-state index contributed by atoms with van der Waals surface area (Å²) in [7, 11) is -3.56. The second kappa shape index (κ2) is 5.79. The average molecular weight is 300 g/mol. The topological polar surface area (TPSA) is 58.2 Å². The van der Waals surface area contributed by atoms with Crippen LogP contribution in [0.3, 0.4) is 0 Å². The molecule has 0 heterocycles. The van der Waals surface area contributed by atoms with Gasteiger partial charge in [0.2, 0.25) is 10.0 Å². The van der Waals surface area contributed by atoms with Crippen LogP contribution in [0.1, 0.15) is 32.3 Å². The molecule has 1 saturated carbocycles. The van der Waals surface area contributed by atoms with Crippen molar-refractivity contribution in [2.75, 3.05) is 13.1 Å². The van der Waals surface area contributed by atoms with Crippen LogP contribution in [0.4, 0.5) is 4.39 Å². The molecule has 2 N–H and O–H groups in total. The number of nitrogens with one attached hydrogen (secondary N) is 2. The van der Waals surface area contributed by atoms with Crippen LogP contribution in [0.25, 0.3) is 0 Å². The molecule has 0 unspecified atom stereocenters. The molecule has 0 amide bonds. The SMILES string of the molecule is CCNCc1cc(S(=O)(=O)NCC2(C)CC2)ccc1F. The molecular weight excluding hydrogens is 279 g/mol. The van der Waals surface area contributed by atoms with Crippen LogP contribution in [0.15, 0.2) is 23.1 Å². The molecule has 6 heteroatoms. The van der Waals surface area contributed by atoms with E-state index in [0.717, 1.165) is 12.8 Å². The zero-order chi connectivity index (χ0) is 14.8. The predicted molar refractivity (Wildman–Crippen MR) is 76.3 cm³/mol. The first-order valence-electron chi connectivity index (χ1n) is 6.85. The monoisotopic (exact) mass is 300 g/mol. The zero-order valence-electron chi connectivity index (χ0n) is 11.9. The summed E-state index contributed by atoms with van der Waals surface area (Å²) >= 11 is 0. The first kappa shape index (κ1) is 15.4. The summed E-state index contributed by atoms with van der Waals surface area (Å²) in [5, 5.41) is 3.00. The fourth-order valence-corrected chi connectivity index (χ4v) is 3.11. The molecule has 0 radical (unpaired) electrons. The fourth-order valence-electron chi connectivity index (χ4n) is 1.86. The third-order valence-corrected chi connectivity index (χ3v) is 5.08. The van der Waals surface area contributed by atoms with Crippen molar-refractivity contribution in [3.05, 3.63) is 29.6 Å². The Morgan fingerprint density at radius 3 is 2.65 bits per heavy atom. The summed E-state index contributed by atoms with van der Waals surface area (Å²) < 4.78 is 40.6. The van der Waals surface area contributed by atoms with Crippen molar-refractivity contribution in [3.8, 4) is 0 Å². The summed E-state index contributed by atoms with van der Waals surface area (Å²) in [6.45, 7) is 5.43. The van der Waals surface area contributed by atoms with Gasteiger partial charge in [0.1, 0.15) is 5.82 Å². The van der Waals surface area contributed by atoms with Crippen LogP contribution >= 0.6 is 0 Å². The summed E-state index contributed by atoms with van der Waals surface area (Å²) in [4.78, 5) is 0.121. The van der Waals surface area contributed by atoms with Crippen LogP contribution in [-0.4, -0.2) is 21.5 Å². The second-order valence-corrected chi connectivity index (χ2v) is 7.44. The Labute approximate surface area is 119 Å². The molecule has 2 rings (SSSR count). The fraction of sp³-hybridized carbons (Fsp3) is 0.571. The number of benzene rings is 1. The van der Waals surface area contributed by atoms with Crippen molar-refractivity contribution < 1.29 is 12.8 Å². The molecule has 1 aromatic carbocycles. The van der Waals surface area contributed by atoms with Crippen molar-refractivity contribution in [2.45, 2.75) is 38.1 Å². The van der Waals surface area contributed by atoms with Gasteiger partial charge in [-0.25, -0.2) is 17.5 Å². The van der Waals surface area contributed by atoms with Crippen LogP contribution in [-0.2, 0) is 16.6 Å². The van der Waals surface area contributed by atoms with Gasteiger partial charge in [0.15, 0.2) is 0 Å². The predicted octanol–water partition coefficient (Wildman–Crippen LogP) is 2.01. The lowest BCUT2D eigenvalue weighted by molar-refractivity contribution is 0.530. The lowest BCUT2D eigenvalue weighted by Gasteiger charge is -2.12. The highest BCUT2D eigenvalue weighted by atomic mass is 32.2. The molecule has 0 spiro atoms. The van der Waals surface area contributed by atoms with E-state index in [-0.39, 0.29) is 16.1 Å². The lowest BCUT2D eigenvalue weighted by Crippen LogP contribution is -2.29. The van der Waals surface area contributed by atoms with Gasteiger partial charge in [-0.1, -0.05) is 13.8 Å². The van der Waals surface area contributed by atoms with E-state index in [1.165, 1.54) is 18.2 Å². The summed E-state index contributed by atoms with van der Waals surface area (Å²) in [6, 6.07) is 3.91. The van der Waals surface area contributed by atoms with Crippen LogP contribution in [0.5, 0.6) is 0 Å². The Balaban J connectivity index is 2.13. The summed E-state index contributed by atoms with van der Waals surface area (Å²) in [5.41, 5.74) is 0.465. The lowest BCUT2D eigenvalue weighted by atomic mass is 10.2. The van der Waals surface area contributed by atoms with E-state index in [1.807, 2.05) is 6.92 Å². The van der Waals surface area contributed by atoms with Crippen LogP contribution in [0, 0.1) is 11.2 Å². The number of rotatable bonds is 7. The normalized spacial score (nSPS) is 17.1. The van der Waals surface area contributed by atoms with E-state index < -0.39 is 10.0 Å². The highest BCUT2D eigenvalue weighted by Crippen LogP contribution is 2.44. The Bertz CT molecular complexity index is 583. The van der Waals surface area contributed by atoms with E-state index in [9.17, 15) is 12.8 Å². The maximum atomic E-state index is 13.6. The van der Waals surface area contributed by atoms with Gasteiger partial charge in [-0.05, 0) is 43.0 Å². The quantitative estimate of drug-likeness (QED) is 0.810. The van der Waals surface area contributed by atoms with E-state index in [4.69, 9.17) is 0 Å². The standard InChI is InChI=1S/C14H21FN2O2S/c1-3-16-9-11-8-12(4-5-13(11)15)20(18,19)17-10-14(2)6-7-14/h4-5,8,16-17H,3,6-7,9-10H2,1-2H3. The van der Waals surface area contributed by atoms with Gasteiger partial charge in [0.25, 0.3) is 0 Å². The molecule has 4 nitrogen and oxygen atoms in total. The molecule has 0 saturated heterocycles. The smallest absolute Gasteiger partial charge is 0.240 e. The Kier molecular flexibility index (Phi) is 4.46. The molecule has 20 heavy (non-hydrogen) atoms. The van der Waals surface area contributed by atoms with Gasteiger partial charge in [-0.15, -0.1) is 0 Å². The number of hydrogen-bond donors (Lipinski definition) is 2. The largest absolute Gasteiger partial charge is 0.313 e. The Morgan fingerprint density at radius 1 is 1.35 bits per heavy atom.